The summed E-state index contributed by atoms with van der Waals surface area (Å²) in [4.78, 5) is 4.63. The van der Waals surface area contributed by atoms with Crippen molar-refractivity contribution >= 4 is 12.6 Å². The molecule has 100 valence electrons. The van der Waals surface area contributed by atoms with E-state index >= 15 is 0 Å². The zero-order chi connectivity index (χ0) is 12.4. The zero-order valence-corrected chi connectivity index (χ0v) is 12.1. The van der Waals surface area contributed by atoms with Gasteiger partial charge in [-0.15, -0.1) is 0 Å². The van der Waals surface area contributed by atoms with E-state index in [-0.39, 0.29) is 0 Å². The van der Waals surface area contributed by atoms with Gasteiger partial charge < -0.3 is 4.57 Å². The highest BCUT2D eigenvalue weighted by Crippen LogP contribution is 2.39. The molecule has 0 amide bonds. The molecule has 1 heterocycles. The minimum Gasteiger partial charge on any atom is -0.334 e. The molecular weight excluding hydrogens is 240 g/mol. The first kappa shape index (κ1) is 12.6. The Balaban J connectivity index is 1.80. The van der Waals surface area contributed by atoms with Gasteiger partial charge in [0.1, 0.15) is 0 Å². The van der Waals surface area contributed by atoms with Crippen LogP contribution in [0.25, 0.3) is 0 Å². The van der Waals surface area contributed by atoms with Crippen LogP contribution in [0.1, 0.15) is 56.3 Å². The summed E-state index contributed by atoms with van der Waals surface area (Å²) in [5.41, 5.74) is 3.33. The lowest BCUT2D eigenvalue weighted by atomic mass is 9.75. The second kappa shape index (κ2) is 5.28. The van der Waals surface area contributed by atoms with E-state index in [4.69, 9.17) is 0 Å². The van der Waals surface area contributed by atoms with Crippen molar-refractivity contribution in [3.05, 3.63) is 17.7 Å². The van der Waals surface area contributed by atoms with E-state index in [0.29, 0.717) is 5.41 Å². The summed E-state index contributed by atoms with van der Waals surface area (Å²) < 4.78 is 2.45. The fourth-order valence-corrected chi connectivity index (χ4v) is 4.11. The summed E-state index contributed by atoms with van der Waals surface area (Å²) in [7, 11) is 0. The smallest absolute Gasteiger partial charge is 0.0951 e. The topological polar surface area (TPSA) is 17.8 Å². The first-order chi connectivity index (χ1) is 8.83. The summed E-state index contributed by atoms with van der Waals surface area (Å²) in [6, 6.07) is 0. The molecule has 3 heteroatoms. The normalized spacial score (nSPS) is 22.7. The number of aromatic nitrogens is 2. The lowest BCUT2D eigenvalue weighted by Gasteiger charge is -2.37. The summed E-state index contributed by atoms with van der Waals surface area (Å²) in [6.45, 7) is 1.15. The second-order valence-corrected chi connectivity index (χ2v) is 6.51. The van der Waals surface area contributed by atoms with E-state index in [1.807, 2.05) is 0 Å². The molecule has 0 aromatic carbocycles. The molecule has 0 atom stereocenters. The zero-order valence-electron chi connectivity index (χ0n) is 11.2. The number of thiol groups is 1. The van der Waals surface area contributed by atoms with Crippen molar-refractivity contribution in [2.45, 2.75) is 64.3 Å². The summed E-state index contributed by atoms with van der Waals surface area (Å²) in [6.07, 6.45) is 14.1. The highest BCUT2D eigenvalue weighted by molar-refractivity contribution is 7.80. The predicted octanol–water partition coefficient (Wildman–Crippen LogP) is 3.64. The molecule has 18 heavy (non-hydrogen) atoms. The average Bonchev–Trinajstić information content (AvgIpc) is 2.83. The quantitative estimate of drug-likeness (QED) is 0.825. The Bertz CT molecular complexity index is 405. The maximum absolute atomic E-state index is 4.65. The Morgan fingerprint density at radius 1 is 1.11 bits per heavy atom. The van der Waals surface area contributed by atoms with Crippen molar-refractivity contribution in [3.63, 3.8) is 0 Å². The lowest BCUT2D eigenvalue weighted by Crippen LogP contribution is -2.32. The van der Waals surface area contributed by atoms with Crippen molar-refractivity contribution < 1.29 is 0 Å². The van der Waals surface area contributed by atoms with Crippen molar-refractivity contribution in [2.24, 2.45) is 5.41 Å². The molecule has 0 saturated heterocycles. The van der Waals surface area contributed by atoms with Crippen molar-refractivity contribution in [1.29, 1.82) is 0 Å². The van der Waals surface area contributed by atoms with Gasteiger partial charge in [-0.05, 0) is 49.7 Å². The predicted molar refractivity (Wildman–Crippen MR) is 78.2 cm³/mol. The summed E-state index contributed by atoms with van der Waals surface area (Å²) in [5.74, 6) is 1.03. The van der Waals surface area contributed by atoms with Crippen molar-refractivity contribution in [1.82, 2.24) is 9.55 Å². The first-order valence-electron chi connectivity index (χ1n) is 7.47. The highest BCUT2D eigenvalue weighted by Gasteiger charge is 2.32. The van der Waals surface area contributed by atoms with Gasteiger partial charge in [-0.3, -0.25) is 0 Å². The largest absolute Gasteiger partial charge is 0.334 e. The standard InChI is InChI=1S/C15H24N2S/c18-11-15(8-4-1-5-9-15)10-17-12-16-13-6-2-3-7-14(13)17/h12,18H,1-11H2. The van der Waals surface area contributed by atoms with E-state index in [9.17, 15) is 0 Å². The number of hydrogen-bond acceptors (Lipinski definition) is 2. The van der Waals surface area contributed by atoms with Gasteiger partial charge in [0.05, 0.1) is 12.0 Å². The van der Waals surface area contributed by atoms with Gasteiger partial charge in [-0.2, -0.15) is 12.6 Å². The highest BCUT2D eigenvalue weighted by atomic mass is 32.1. The minimum atomic E-state index is 0.438. The van der Waals surface area contributed by atoms with E-state index in [2.05, 4.69) is 28.5 Å². The maximum Gasteiger partial charge on any atom is 0.0951 e. The second-order valence-electron chi connectivity index (χ2n) is 6.19. The van der Waals surface area contributed by atoms with Gasteiger partial charge >= 0.3 is 0 Å². The Morgan fingerprint density at radius 2 is 1.89 bits per heavy atom. The van der Waals surface area contributed by atoms with Crippen LogP contribution in [0.4, 0.5) is 0 Å². The monoisotopic (exact) mass is 264 g/mol. The van der Waals surface area contributed by atoms with E-state index in [0.717, 1.165) is 12.3 Å². The molecule has 0 aliphatic heterocycles. The molecule has 1 saturated carbocycles. The SMILES string of the molecule is SCC1(Cn2cnc3c2CCCC3)CCCCC1. The molecule has 1 aromatic heterocycles. The third kappa shape index (κ3) is 2.34. The van der Waals surface area contributed by atoms with Crippen LogP contribution in [-0.4, -0.2) is 15.3 Å². The molecule has 0 spiro atoms. The fourth-order valence-electron chi connectivity index (χ4n) is 3.70. The third-order valence-corrected chi connectivity index (χ3v) is 5.54. The number of nitrogens with zero attached hydrogens (tertiary/aromatic N) is 2. The Hall–Kier alpha value is -0.440. The van der Waals surface area contributed by atoms with Gasteiger partial charge in [-0.1, -0.05) is 19.3 Å². The van der Waals surface area contributed by atoms with Crippen molar-refractivity contribution in [3.8, 4) is 0 Å². The van der Waals surface area contributed by atoms with Crippen LogP contribution in [0.15, 0.2) is 6.33 Å². The van der Waals surface area contributed by atoms with Crippen LogP contribution in [0.5, 0.6) is 0 Å². The van der Waals surface area contributed by atoms with Gasteiger partial charge in [0, 0.05) is 12.2 Å². The number of rotatable bonds is 3. The van der Waals surface area contributed by atoms with Crippen LogP contribution in [0.3, 0.4) is 0 Å². The van der Waals surface area contributed by atoms with Crippen LogP contribution in [-0.2, 0) is 19.4 Å². The Kier molecular flexibility index (Phi) is 3.69. The van der Waals surface area contributed by atoms with Crippen LogP contribution in [0, 0.1) is 5.41 Å². The van der Waals surface area contributed by atoms with Gasteiger partial charge in [0.25, 0.3) is 0 Å². The molecule has 0 N–H and O–H groups in total. The van der Waals surface area contributed by atoms with E-state index < -0.39 is 0 Å². The number of imidazole rings is 1. The third-order valence-electron chi connectivity index (χ3n) is 4.87. The molecule has 3 rings (SSSR count). The van der Waals surface area contributed by atoms with E-state index in [1.165, 1.54) is 69.2 Å². The molecular formula is C15H24N2S. The molecule has 2 aliphatic carbocycles. The molecule has 2 nitrogen and oxygen atoms in total. The fraction of sp³-hybridized carbons (Fsp3) is 0.800. The van der Waals surface area contributed by atoms with Gasteiger partial charge in [0.2, 0.25) is 0 Å². The number of aryl methyl sites for hydroxylation is 1. The number of fused-ring (bicyclic) bond motifs is 1. The summed E-state index contributed by atoms with van der Waals surface area (Å²) >= 11 is 4.65. The Morgan fingerprint density at radius 3 is 2.67 bits per heavy atom. The number of hydrogen-bond donors (Lipinski definition) is 1. The Labute approximate surface area is 116 Å². The molecule has 0 radical (unpaired) electrons. The first-order valence-corrected chi connectivity index (χ1v) is 8.10. The molecule has 1 aromatic rings. The van der Waals surface area contributed by atoms with E-state index in [1.54, 1.807) is 0 Å². The van der Waals surface area contributed by atoms with Crippen molar-refractivity contribution in [2.75, 3.05) is 5.75 Å². The maximum atomic E-state index is 4.65. The minimum absolute atomic E-state index is 0.438. The molecule has 0 bridgehead atoms. The molecule has 1 fully saturated rings. The summed E-state index contributed by atoms with van der Waals surface area (Å²) in [5, 5.41) is 0. The van der Waals surface area contributed by atoms with Crippen LogP contribution >= 0.6 is 12.6 Å². The average molecular weight is 264 g/mol. The van der Waals surface area contributed by atoms with Crippen LogP contribution < -0.4 is 0 Å². The lowest BCUT2D eigenvalue weighted by molar-refractivity contribution is 0.188. The molecule has 0 unspecified atom stereocenters. The van der Waals surface area contributed by atoms with Gasteiger partial charge in [0.15, 0.2) is 0 Å². The van der Waals surface area contributed by atoms with Crippen LogP contribution in [0.2, 0.25) is 0 Å². The molecule has 2 aliphatic rings. The van der Waals surface area contributed by atoms with Gasteiger partial charge in [-0.25, -0.2) is 4.98 Å².